The number of carbonyl (C=O) groups excluding carboxylic acids is 2. The average Bonchev–Trinajstić information content (AvgIpc) is 3.10. The van der Waals surface area contributed by atoms with Gasteiger partial charge in [0.05, 0.1) is 5.39 Å². The van der Waals surface area contributed by atoms with Gasteiger partial charge in [-0.1, -0.05) is 54.6 Å². The molecular formula is C23H15NO5. The fraction of sp³-hybridized carbons (Fsp3) is 0.0870. The summed E-state index contributed by atoms with van der Waals surface area (Å²) in [6.45, 7) is 2.57. The van der Waals surface area contributed by atoms with Gasteiger partial charge in [-0.25, -0.2) is 0 Å². The van der Waals surface area contributed by atoms with Gasteiger partial charge in [0.25, 0.3) is 0 Å². The van der Waals surface area contributed by atoms with Crippen LogP contribution in [0.4, 0.5) is 0 Å². The molecule has 0 radical (unpaired) electrons. The van der Waals surface area contributed by atoms with Crippen LogP contribution < -0.4 is 9.47 Å². The summed E-state index contributed by atoms with van der Waals surface area (Å²) in [5.74, 6) is -0.393. The molecule has 0 saturated carbocycles. The van der Waals surface area contributed by atoms with Crippen molar-refractivity contribution in [3.63, 3.8) is 0 Å². The van der Waals surface area contributed by atoms with Gasteiger partial charge in [0.2, 0.25) is 0 Å². The fourth-order valence-corrected chi connectivity index (χ4v) is 3.34. The lowest BCUT2D eigenvalue weighted by Crippen LogP contribution is -2.05. The molecule has 6 heteroatoms. The van der Waals surface area contributed by atoms with Gasteiger partial charge in [-0.3, -0.25) is 9.59 Å². The van der Waals surface area contributed by atoms with E-state index in [0.717, 1.165) is 0 Å². The lowest BCUT2D eigenvalue weighted by atomic mass is 10.0. The molecule has 0 aliphatic heterocycles. The zero-order chi connectivity index (χ0) is 20.5. The molecule has 0 spiro atoms. The van der Waals surface area contributed by atoms with Crippen molar-refractivity contribution < 1.29 is 23.5 Å². The van der Waals surface area contributed by atoms with E-state index < -0.39 is 11.9 Å². The Hall–Kier alpha value is -4.11. The van der Waals surface area contributed by atoms with Crippen molar-refractivity contribution in [2.75, 3.05) is 0 Å². The number of rotatable bonds is 3. The Balaban J connectivity index is 2.22. The number of hydrogen-bond donors (Lipinski definition) is 0. The Labute approximate surface area is 165 Å². The number of fused-ring (bicyclic) bond motifs is 2. The van der Waals surface area contributed by atoms with Crippen molar-refractivity contribution in [1.82, 2.24) is 0 Å². The minimum absolute atomic E-state index is 0.172. The van der Waals surface area contributed by atoms with Crippen molar-refractivity contribution in [3.8, 4) is 28.9 Å². The lowest BCUT2D eigenvalue weighted by Gasteiger charge is -2.12. The molecule has 0 aliphatic rings. The van der Waals surface area contributed by atoms with Gasteiger partial charge in [-0.2, -0.15) is 5.26 Å². The Morgan fingerprint density at radius 2 is 1.41 bits per heavy atom. The topological polar surface area (TPSA) is 89.5 Å². The van der Waals surface area contributed by atoms with E-state index in [1.807, 2.05) is 18.2 Å². The number of esters is 2. The van der Waals surface area contributed by atoms with Crippen LogP contribution in [0.1, 0.15) is 19.4 Å². The first-order valence-corrected chi connectivity index (χ1v) is 8.84. The first-order chi connectivity index (χ1) is 14.0. The Morgan fingerprint density at radius 1 is 0.862 bits per heavy atom. The summed E-state index contributed by atoms with van der Waals surface area (Å²) in [5.41, 5.74) is 1.04. The molecule has 0 aliphatic carbocycles. The number of nitriles is 1. The van der Waals surface area contributed by atoms with Gasteiger partial charge < -0.3 is 13.9 Å². The van der Waals surface area contributed by atoms with Crippen LogP contribution in [-0.2, 0) is 9.59 Å². The predicted octanol–water partition coefficient (Wildman–Crippen LogP) is 4.98. The molecule has 29 heavy (non-hydrogen) atoms. The van der Waals surface area contributed by atoms with E-state index >= 15 is 0 Å². The molecular weight excluding hydrogens is 370 g/mol. The number of furan rings is 1. The molecule has 1 heterocycles. The van der Waals surface area contributed by atoms with Gasteiger partial charge >= 0.3 is 11.9 Å². The van der Waals surface area contributed by atoms with Gasteiger partial charge in [0, 0.05) is 30.2 Å². The highest BCUT2D eigenvalue weighted by Gasteiger charge is 2.27. The second kappa shape index (κ2) is 7.13. The van der Waals surface area contributed by atoms with E-state index in [4.69, 9.17) is 13.9 Å². The predicted molar refractivity (Wildman–Crippen MR) is 106 cm³/mol. The number of ether oxygens (including phenoxy) is 2. The highest BCUT2D eigenvalue weighted by molar-refractivity contribution is 6.14. The van der Waals surface area contributed by atoms with E-state index in [9.17, 15) is 14.9 Å². The molecule has 4 rings (SSSR count). The summed E-state index contributed by atoms with van der Waals surface area (Å²) in [6.07, 6.45) is 0. The molecule has 0 saturated heterocycles. The molecule has 0 atom stereocenters. The van der Waals surface area contributed by atoms with Crippen molar-refractivity contribution in [2.45, 2.75) is 13.8 Å². The first-order valence-electron chi connectivity index (χ1n) is 8.84. The monoisotopic (exact) mass is 385 g/mol. The second-order valence-electron chi connectivity index (χ2n) is 6.38. The van der Waals surface area contributed by atoms with Crippen LogP contribution in [0.25, 0.3) is 33.1 Å². The molecule has 0 unspecified atom stereocenters. The molecule has 0 amide bonds. The van der Waals surface area contributed by atoms with Crippen LogP contribution in [0.2, 0.25) is 0 Å². The second-order valence-corrected chi connectivity index (χ2v) is 6.38. The summed E-state index contributed by atoms with van der Waals surface area (Å²) < 4.78 is 17.0. The van der Waals surface area contributed by atoms with Crippen LogP contribution in [0, 0.1) is 11.3 Å². The maximum absolute atomic E-state index is 11.8. The van der Waals surface area contributed by atoms with E-state index in [0.29, 0.717) is 22.1 Å². The number of benzene rings is 3. The SMILES string of the molecule is CC(=O)Oc1c2ccccc2c(OC(C)=O)c2c(C#N)c(-c3ccccc3)oc12. The van der Waals surface area contributed by atoms with E-state index in [1.165, 1.54) is 13.8 Å². The summed E-state index contributed by atoms with van der Waals surface area (Å²) in [4.78, 5) is 23.6. The lowest BCUT2D eigenvalue weighted by molar-refractivity contribution is -0.132. The van der Waals surface area contributed by atoms with Gasteiger partial charge in [0.1, 0.15) is 11.6 Å². The third-order valence-corrected chi connectivity index (χ3v) is 4.40. The minimum Gasteiger partial charge on any atom is -0.451 e. The summed E-state index contributed by atoms with van der Waals surface area (Å²) >= 11 is 0. The largest absolute Gasteiger partial charge is 0.451 e. The van der Waals surface area contributed by atoms with Crippen LogP contribution in [-0.4, -0.2) is 11.9 Å². The molecule has 0 N–H and O–H groups in total. The zero-order valence-corrected chi connectivity index (χ0v) is 15.7. The van der Waals surface area contributed by atoms with E-state index in [-0.39, 0.29) is 28.0 Å². The smallest absolute Gasteiger partial charge is 0.308 e. The third kappa shape index (κ3) is 3.09. The maximum Gasteiger partial charge on any atom is 0.308 e. The first kappa shape index (κ1) is 18.3. The van der Waals surface area contributed by atoms with Crippen LogP contribution in [0.5, 0.6) is 11.5 Å². The van der Waals surface area contributed by atoms with E-state index in [1.54, 1.807) is 36.4 Å². The molecule has 6 nitrogen and oxygen atoms in total. The van der Waals surface area contributed by atoms with Crippen molar-refractivity contribution in [3.05, 3.63) is 60.2 Å². The normalized spacial score (nSPS) is 10.7. The minimum atomic E-state index is -0.539. The van der Waals surface area contributed by atoms with Gasteiger partial charge in [-0.05, 0) is 0 Å². The summed E-state index contributed by atoms with van der Waals surface area (Å²) in [6, 6.07) is 18.2. The maximum atomic E-state index is 11.8. The molecule has 3 aromatic carbocycles. The Morgan fingerprint density at radius 3 is 2.00 bits per heavy atom. The summed E-state index contributed by atoms with van der Waals surface area (Å²) in [7, 11) is 0. The van der Waals surface area contributed by atoms with Crippen LogP contribution >= 0.6 is 0 Å². The van der Waals surface area contributed by atoms with Crippen LogP contribution in [0.3, 0.4) is 0 Å². The van der Waals surface area contributed by atoms with Crippen molar-refractivity contribution in [1.29, 1.82) is 5.26 Å². The standard InChI is InChI=1S/C23H15NO5/c1-13(25)27-21-16-10-6-7-11-17(16)22(28-14(2)26)23-19(21)18(12-24)20(29-23)15-8-4-3-5-9-15/h3-11H,1-2H3. The molecule has 0 fully saturated rings. The van der Waals surface area contributed by atoms with Crippen LogP contribution in [0.15, 0.2) is 59.0 Å². The molecule has 0 bridgehead atoms. The highest BCUT2D eigenvalue weighted by Crippen LogP contribution is 2.48. The Kier molecular flexibility index (Phi) is 4.49. The van der Waals surface area contributed by atoms with E-state index in [2.05, 4.69) is 6.07 Å². The molecule has 142 valence electrons. The average molecular weight is 385 g/mol. The van der Waals surface area contributed by atoms with Gasteiger partial charge in [0.15, 0.2) is 22.8 Å². The Bertz CT molecular complexity index is 1310. The number of hydrogen-bond acceptors (Lipinski definition) is 6. The fourth-order valence-electron chi connectivity index (χ4n) is 3.34. The zero-order valence-electron chi connectivity index (χ0n) is 15.7. The summed E-state index contributed by atoms with van der Waals surface area (Å²) in [5, 5.41) is 11.3. The quantitative estimate of drug-likeness (QED) is 0.365. The van der Waals surface area contributed by atoms with Gasteiger partial charge in [-0.15, -0.1) is 0 Å². The number of carbonyl (C=O) groups is 2. The number of nitrogens with zero attached hydrogens (tertiary/aromatic N) is 1. The molecule has 4 aromatic rings. The molecule has 1 aromatic heterocycles. The third-order valence-electron chi connectivity index (χ3n) is 4.40. The highest BCUT2D eigenvalue weighted by atomic mass is 16.5. The van der Waals surface area contributed by atoms with Crippen molar-refractivity contribution in [2.24, 2.45) is 0 Å². The van der Waals surface area contributed by atoms with Crippen molar-refractivity contribution >= 4 is 33.7 Å².